The maximum Gasteiger partial charge on any atom is 0.316 e. The van der Waals surface area contributed by atoms with Crippen LogP contribution in [0.2, 0.25) is 0 Å². The van der Waals surface area contributed by atoms with E-state index >= 15 is 0 Å². The maximum absolute atomic E-state index is 11.5. The normalized spacial score (nSPS) is 20.9. The lowest BCUT2D eigenvalue weighted by molar-refractivity contribution is -0.144. The molecule has 1 unspecified atom stereocenters. The Bertz CT molecular complexity index is 215. The molecule has 0 aliphatic carbocycles. The van der Waals surface area contributed by atoms with Crippen LogP contribution >= 0.6 is 0 Å². The van der Waals surface area contributed by atoms with Gasteiger partial charge in [0.25, 0.3) is 0 Å². The van der Waals surface area contributed by atoms with Crippen LogP contribution in [0.25, 0.3) is 0 Å². The third kappa shape index (κ3) is 3.10. The predicted molar refractivity (Wildman–Crippen MR) is 51.6 cm³/mol. The van der Waals surface area contributed by atoms with E-state index in [9.17, 15) is 9.59 Å². The Balaban J connectivity index is 2.18. The molecule has 80 valence electrons. The van der Waals surface area contributed by atoms with Crippen LogP contribution in [-0.4, -0.2) is 24.9 Å². The number of unbranched alkanes of at least 4 members (excludes halogenated alkanes) is 2. The Morgan fingerprint density at radius 1 is 1.43 bits per heavy atom. The van der Waals surface area contributed by atoms with E-state index in [0.717, 1.165) is 19.3 Å². The number of hydrogen-bond acceptors (Lipinski definition) is 4. The van der Waals surface area contributed by atoms with E-state index in [1.807, 2.05) is 0 Å². The highest BCUT2D eigenvalue weighted by atomic mass is 16.5. The van der Waals surface area contributed by atoms with Crippen LogP contribution < -0.4 is 5.73 Å². The molecule has 1 rings (SSSR count). The monoisotopic (exact) mass is 199 g/mol. The zero-order valence-corrected chi connectivity index (χ0v) is 8.33. The number of rotatable bonds is 6. The molecule has 4 heteroatoms. The Morgan fingerprint density at radius 2 is 2.21 bits per heavy atom. The fourth-order valence-electron chi connectivity index (χ4n) is 1.58. The number of carbonyl (C=O) groups is 2. The molecule has 1 heterocycles. The molecule has 1 atom stereocenters. The summed E-state index contributed by atoms with van der Waals surface area (Å²) in [5, 5.41) is 0. The first-order valence-corrected chi connectivity index (χ1v) is 5.15. The van der Waals surface area contributed by atoms with Crippen molar-refractivity contribution < 1.29 is 14.3 Å². The summed E-state index contributed by atoms with van der Waals surface area (Å²) in [7, 11) is 0. The second-order valence-corrected chi connectivity index (χ2v) is 3.57. The second-order valence-electron chi connectivity index (χ2n) is 3.57. The predicted octanol–water partition coefficient (Wildman–Crippen LogP) is 0.638. The number of ketones is 1. The van der Waals surface area contributed by atoms with Gasteiger partial charge in [0.05, 0.1) is 6.61 Å². The highest BCUT2D eigenvalue weighted by Gasteiger charge is 2.32. The average molecular weight is 199 g/mol. The molecular formula is C10H17NO3. The lowest BCUT2D eigenvalue weighted by atomic mass is 9.98. The standard InChI is InChI=1S/C10H17NO3/c11-6-3-1-2-4-9(12)8-5-7-14-10(8)13/h8H,1-7,11H2. The molecular weight excluding hydrogens is 182 g/mol. The number of esters is 1. The van der Waals surface area contributed by atoms with Gasteiger partial charge >= 0.3 is 5.97 Å². The van der Waals surface area contributed by atoms with Gasteiger partial charge < -0.3 is 10.5 Å². The summed E-state index contributed by atoms with van der Waals surface area (Å²) in [6, 6.07) is 0. The van der Waals surface area contributed by atoms with Gasteiger partial charge in [-0.2, -0.15) is 0 Å². The molecule has 0 radical (unpaired) electrons. The molecule has 0 spiro atoms. The van der Waals surface area contributed by atoms with Crippen molar-refractivity contribution >= 4 is 11.8 Å². The molecule has 0 aromatic carbocycles. The molecule has 2 N–H and O–H groups in total. The van der Waals surface area contributed by atoms with Crippen LogP contribution in [-0.2, 0) is 14.3 Å². The Morgan fingerprint density at radius 3 is 2.79 bits per heavy atom. The smallest absolute Gasteiger partial charge is 0.316 e. The van der Waals surface area contributed by atoms with Crippen LogP contribution in [0.3, 0.4) is 0 Å². The van der Waals surface area contributed by atoms with Crippen LogP contribution in [0.4, 0.5) is 0 Å². The zero-order chi connectivity index (χ0) is 10.4. The summed E-state index contributed by atoms with van der Waals surface area (Å²) >= 11 is 0. The molecule has 1 saturated heterocycles. The van der Waals surface area contributed by atoms with E-state index in [1.54, 1.807) is 0 Å². The number of cyclic esters (lactones) is 1. The fourth-order valence-corrected chi connectivity index (χ4v) is 1.58. The van der Waals surface area contributed by atoms with E-state index in [1.165, 1.54) is 0 Å². The number of carbonyl (C=O) groups excluding carboxylic acids is 2. The molecule has 0 amide bonds. The van der Waals surface area contributed by atoms with E-state index < -0.39 is 5.92 Å². The zero-order valence-electron chi connectivity index (χ0n) is 8.33. The van der Waals surface area contributed by atoms with Gasteiger partial charge in [-0.3, -0.25) is 9.59 Å². The minimum atomic E-state index is -0.479. The van der Waals surface area contributed by atoms with Crippen molar-refractivity contribution in [3.63, 3.8) is 0 Å². The topological polar surface area (TPSA) is 69.4 Å². The molecule has 4 nitrogen and oxygen atoms in total. The number of nitrogens with two attached hydrogens (primary N) is 1. The highest BCUT2D eigenvalue weighted by Crippen LogP contribution is 2.18. The van der Waals surface area contributed by atoms with Crippen LogP contribution in [0.5, 0.6) is 0 Å². The third-order valence-electron chi connectivity index (χ3n) is 2.45. The fraction of sp³-hybridized carbons (Fsp3) is 0.800. The number of hydrogen-bond donors (Lipinski definition) is 1. The van der Waals surface area contributed by atoms with Crippen molar-refractivity contribution in [3.05, 3.63) is 0 Å². The van der Waals surface area contributed by atoms with Crippen molar-refractivity contribution in [2.45, 2.75) is 32.1 Å². The molecule has 0 aromatic rings. The van der Waals surface area contributed by atoms with Crippen LogP contribution in [0.15, 0.2) is 0 Å². The van der Waals surface area contributed by atoms with Gasteiger partial charge in [-0.15, -0.1) is 0 Å². The van der Waals surface area contributed by atoms with Gasteiger partial charge in [0.15, 0.2) is 0 Å². The van der Waals surface area contributed by atoms with Crippen molar-refractivity contribution in [2.75, 3.05) is 13.2 Å². The first-order chi connectivity index (χ1) is 6.75. The molecule has 0 aromatic heterocycles. The lowest BCUT2D eigenvalue weighted by Crippen LogP contribution is -2.19. The molecule has 1 aliphatic rings. The van der Waals surface area contributed by atoms with Crippen molar-refractivity contribution in [2.24, 2.45) is 11.7 Å². The van der Waals surface area contributed by atoms with E-state index in [0.29, 0.717) is 26.0 Å². The molecule has 1 aliphatic heterocycles. The van der Waals surface area contributed by atoms with Gasteiger partial charge in [-0.1, -0.05) is 6.42 Å². The average Bonchev–Trinajstić information content (AvgIpc) is 2.59. The largest absolute Gasteiger partial charge is 0.465 e. The van der Waals surface area contributed by atoms with Gasteiger partial charge in [-0.05, 0) is 19.4 Å². The van der Waals surface area contributed by atoms with Gasteiger partial charge in [0.2, 0.25) is 0 Å². The van der Waals surface area contributed by atoms with Crippen LogP contribution in [0, 0.1) is 5.92 Å². The minimum absolute atomic E-state index is 0.0320. The summed E-state index contributed by atoms with van der Waals surface area (Å²) < 4.78 is 4.73. The summed E-state index contributed by atoms with van der Waals surface area (Å²) in [5.74, 6) is -0.786. The Kier molecular flexibility index (Phi) is 4.59. The summed E-state index contributed by atoms with van der Waals surface area (Å²) in [4.78, 5) is 22.5. The van der Waals surface area contributed by atoms with E-state index in [-0.39, 0.29) is 11.8 Å². The van der Waals surface area contributed by atoms with Crippen molar-refractivity contribution in [1.82, 2.24) is 0 Å². The highest BCUT2D eigenvalue weighted by molar-refractivity contribution is 5.99. The summed E-state index contributed by atoms with van der Waals surface area (Å²) in [5.41, 5.74) is 5.33. The summed E-state index contributed by atoms with van der Waals surface area (Å²) in [6.07, 6.45) is 3.79. The molecule has 14 heavy (non-hydrogen) atoms. The first kappa shape index (κ1) is 11.2. The second kappa shape index (κ2) is 5.75. The maximum atomic E-state index is 11.5. The SMILES string of the molecule is NCCCCCC(=O)C1CCOC1=O. The Labute approximate surface area is 83.8 Å². The van der Waals surface area contributed by atoms with Gasteiger partial charge in [0.1, 0.15) is 11.7 Å². The van der Waals surface area contributed by atoms with E-state index in [4.69, 9.17) is 10.5 Å². The van der Waals surface area contributed by atoms with Crippen molar-refractivity contribution in [1.29, 1.82) is 0 Å². The number of Topliss-reactive ketones (excluding diaryl/α,β-unsaturated/α-hetero) is 1. The van der Waals surface area contributed by atoms with Crippen LogP contribution in [0.1, 0.15) is 32.1 Å². The Hall–Kier alpha value is -0.900. The van der Waals surface area contributed by atoms with Crippen molar-refractivity contribution in [3.8, 4) is 0 Å². The van der Waals surface area contributed by atoms with Gasteiger partial charge in [-0.25, -0.2) is 0 Å². The minimum Gasteiger partial charge on any atom is -0.465 e. The number of ether oxygens (including phenoxy) is 1. The van der Waals surface area contributed by atoms with Gasteiger partial charge in [0, 0.05) is 12.8 Å². The summed E-state index contributed by atoms with van der Waals surface area (Å²) in [6.45, 7) is 1.07. The lowest BCUT2D eigenvalue weighted by Gasteiger charge is -2.03. The quantitative estimate of drug-likeness (QED) is 0.387. The first-order valence-electron chi connectivity index (χ1n) is 5.15. The van der Waals surface area contributed by atoms with E-state index in [2.05, 4.69) is 0 Å². The molecule has 0 bridgehead atoms. The molecule has 0 saturated carbocycles. The third-order valence-corrected chi connectivity index (χ3v) is 2.45. The molecule has 1 fully saturated rings.